The second-order valence-electron chi connectivity index (χ2n) is 7.19. The van der Waals surface area contributed by atoms with Crippen molar-refractivity contribution in [3.8, 4) is 10.4 Å². The van der Waals surface area contributed by atoms with Gasteiger partial charge in [-0.3, -0.25) is 4.79 Å². The Balaban J connectivity index is 1.48. The average Bonchev–Trinajstić information content (AvgIpc) is 3.38. The van der Waals surface area contributed by atoms with E-state index in [9.17, 15) is 9.90 Å². The molecular weight excluding hydrogens is 354 g/mol. The fourth-order valence-corrected chi connectivity index (χ4v) is 4.15. The van der Waals surface area contributed by atoms with E-state index in [-0.39, 0.29) is 12.5 Å². The van der Waals surface area contributed by atoms with Crippen LogP contribution in [0.4, 0.5) is 0 Å². The first-order valence-corrected chi connectivity index (χ1v) is 10.1. The minimum Gasteiger partial charge on any atom is -0.392 e. The first-order valence-electron chi connectivity index (χ1n) is 9.31. The molecule has 27 heavy (non-hydrogen) atoms. The van der Waals surface area contributed by atoms with Gasteiger partial charge in [0.15, 0.2) is 0 Å². The van der Waals surface area contributed by atoms with E-state index in [0.717, 1.165) is 36.0 Å². The maximum Gasteiger partial charge on any atom is 0.251 e. The Labute approximate surface area is 163 Å². The Bertz CT molecular complexity index is 955. The largest absolute Gasteiger partial charge is 0.392 e. The zero-order valence-corrected chi connectivity index (χ0v) is 16.2. The Hall–Kier alpha value is -2.43. The van der Waals surface area contributed by atoms with Crippen LogP contribution >= 0.6 is 11.3 Å². The van der Waals surface area contributed by atoms with Gasteiger partial charge in [-0.2, -0.15) is 0 Å². The number of nitrogens with one attached hydrogen (secondary N) is 1. The lowest BCUT2D eigenvalue weighted by molar-refractivity contribution is 0.0951. The van der Waals surface area contributed by atoms with Gasteiger partial charge in [-0.05, 0) is 66.3 Å². The van der Waals surface area contributed by atoms with Crippen molar-refractivity contribution in [1.82, 2.24) is 5.32 Å². The summed E-state index contributed by atoms with van der Waals surface area (Å²) in [6.07, 6.45) is 3.07. The monoisotopic (exact) mass is 377 g/mol. The van der Waals surface area contributed by atoms with Crippen LogP contribution in [0.3, 0.4) is 0 Å². The summed E-state index contributed by atoms with van der Waals surface area (Å²) < 4.78 is 0. The molecule has 2 aromatic carbocycles. The van der Waals surface area contributed by atoms with Crippen molar-refractivity contribution in [3.63, 3.8) is 0 Å². The lowest BCUT2D eigenvalue weighted by Crippen LogP contribution is -2.25. The summed E-state index contributed by atoms with van der Waals surface area (Å²) in [5.41, 5.74) is 5.30. The molecular formula is C23H23NO2S. The van der Waals surface area contributed by atoms with Crippen molar-refractivity contribution in [1.29, 1.82) is 0 Å². The van der Waals surface area contributed by atoms with Gasteiger partial charge in [-0.1, -0.05) is 30.3 Å². The van der Waals surface area contributed by atoms with Crippen molar-refractivity contribution in [2.45, 2.75) is 38.8 Å². The summed E-state index contributed by atoms with van der Waals surface area (Å²) in [6, 6.07) is 18.7. The second-order valence-corrected chi connectivity index (χ2v) is 8.36. The number of aryl methyl sites for hydroxylation is 1. The van der Waals surface area contributed by atoms with Gasteiger partial charge in [-0.25, -0.2) is 0 Å². The highest BCUT2D eigenvalue weighted by atomic mass is 32.1. The lowest BCUT2D eigenvalue weighted by atomic mass is 10.0. The summed E-state index contributed by atoms with van der Waals surface area (Å²) in [4.78, 5) is 14.6. The molecule has 138 valence electrons. The molecule has 2 N–H and O–H groups in total. The molecule has 0 saturated heterocycles. The summed E-state index contributed by atoms with van der Waals surface area (Å²) in [6.45, 7) is 2.18. The molecule has 3 nitrogen and oxygen atoms in total. The first-order chi connectivity index (χ1) is 13.1. The summed E-state index contributed by atoms with van der Waals surface area (Å²) in [7, 11) is 0. The molecule has 1 aliphatic rings. The van der Waals surface area contributed by atoms with E-state index in [1.165, 1.54) is 20.9 Å². The second kappa shape index (κ2) is 7.67. The Kier molecular flexibility index (Phi) is 5.10. The molecule has 1 saturated carbocycles. The molecule has 4 rings (SSSR count). The van der Waals surface area contributed by atoms with Crippen LogP contribution in [0, 0.1) is 6.92 Å². The van der Waals surface area contributed by atoms with E-state index in [1.807, 2.05) is 30.3 Å². The highest BCUT2D eigenvalue weighted by Crippen LogP contribution is 2.30. The number of hydrogen-bond donors (Lipinski definition) is 2. The molecule has 4 heteroatoms. The van der Waals surface area contributed by atoms with E-state index >= 15 is 0 Å². The molecule has 1 aromatic heterocycles. The van der Waals surface area contributed by atoms with Crippen LogP contribution in [0.1, 0.15) is 44.8 Å². The van der Waals surface area contributed by atoms with Gasteiger partial charge in [0.05, 0.1) is 6.61 Å². The van der Waals surface area contributed by atoms with Crippen LogP contribution in [-0.4, -0.2) is 17.1 Å². The van der Waals surface area contributed by atoms with Crippen molar-refractivity contribution in [2.24, 2.45) is 0 Å². The zero-order chi connectivity index (χ0) is 18.8. The number of carbonyl (C=O) groups is 1. The highest BCUT2D eigenvalue weighted by molar-refractivity contribution is 7.15. The van der Waals surface area contributed by atoms with E-state index < -0.39 is 0 Å². The van der Waals surface area contributed by atoms with Crippen molar-refractivity contribution in [3.05, 3.63) is 81.7 Å². The molecule has 0 atom stereocenters. The van der Waals surface area contributed by atoms with E-state index in [4.69, 9.17) is 0 Å². The van der Waals surface area contributed by atoms with Crippen molar-refractivity contribution >= 4 is 17.2 Å². The quantitative estimate of drug-likeness (QED) is 0.654. The summed E-state index contributed by atoms with van der Waals surface area (Å²) in [5.74, 6) is 0.0233. The number of benzene rings is 2. The predicted molar refractivity (Wildman–Crippen MR) is 110 cm³/mol. The van der Waals surface area contributed by atoms with E-state index in [1.54, 1.807) is 11.3 Å². The minimum atomic E-state index is 0.0233. The van der Waals surface area contributed by atoms with Crippen molar-refractivity contribution in [2.75, 3.05) is 0 Å². The molecule has 0 bridgehead atoms. The van der Waals surface area contributed by atoms with Gasteiger partial charge in [0.25, 0.3) is 5.91 Å². The number of aliphatic hydroxyl groups excluding tert-OH is 1. The third-order valence-electron chi connectivity index (χ3n) is 4.97. The van der Waals surface area contributed by atoms with E-state index in [0.29, 0.717) is 6.04 Å². The first kappa shape index (κ1) is 18.0. The molecule has 0 aliphatic heterocycles. The number of carbonyl (C=O) groups excluding carboxylic acids is 1. The Morgan fingerprint density at radius 2 is 1.89 bits per heavy atom. The fourth-order valence-electron chi connectivity index (χ4n) is 3.11. The van der Waals surface area contributed by atoms with E-state index in [2.05, 4.69) is 36.5 Å². The number of rotatable bonds is 6. The van der Waals surface area contributed by atoms with Crippen LogP contribution in [-0.2, 0) is 13.0 Å². The van der Waals surface area contributed by atoms with Crippen LogP contribution in [0.25, 0.3) is 10.4 Å². The maximum absolute atomic E-state index is 12.1. The van der Waals surface area contributed by atoms with Crippen LogP contribution in [0.2, 0.25) is 0 Å². The highest BCUT2D eigenvalue weighted by Gasteiger charge is 2.23. The molecule has 1 fully saturated rings. The molecule has 0 unspecified atom stereocenters. The molecule has 0 radical (unpaired) electrons. The minimum absolute atomic E-state index is 0.0233. The molecule has 0 spiro atoms. The molecule has 1 aliphatic carbocycles. The van der Waals surface area contributed by atoms with Crippen molar-refractivity contribution < 1.29 is 9.90 Å². The lowest BCUT2D eigenvalue weighted by Gasteiger charge is -2.06. The van der Waals surface area contributed by atoms with Crippen LogP contribution in [0.5, 0.6) is 0 Å². The topological polar surface area (TPSA) is 49.3 Å². The fraction of sp³-hybridized carbons (Fsp3) is 0.261. The molecule has 1 heterocycles. The number of thiophene rings is 1. The van der Waals surface area contributed by atoms with Gasteiger partial charge < -0.3 is 10.4 Å². The van der Waals surface area contributed by atoms with Crippen LogP contribution in [0.15, 0.2) is 54.6 Å². The standard InChI is InChI=1S/C23H23NO2S/c1-15-2-3-16(14-25)12-19(15)13-21-10-11-22(27-21)17-4-6-18(7-5-17)23(26)24-20-8-9-20/h2-7,10-12,20,25H,8-9,13-14H2,1H3,(H,24,26). The zero-order valence-electron chi connectivity index (χ0n) is 15.4. The maximum atomic E-state index is 12.1. The Morgan fingerprint density at radius 1 is 1.11 bits per heavy atom. The predicted octanol–water partition coefficient (Wildman–Crippen LogP) is 4.70. The SMILES string of the molecule is Cc1ccc(CO)cc1Cc1ccc(-c2ccc(C(=O)NC3CC3)cc2)s1. The van der Waals surface area contributed by atoms with Crippen LogP contribution < -0.4 is 5.32 Å². The molecule has 1 amide bonds. The normalized spacial score (nSPS) is 13.6. The number of hydrogen-bond acceptors (Lipinski definition) is 3. The molecule has 3 aromatic rings. The van der Waals surface area contributed by atoms with Gasteiger partial charge in [0.2, 0.25) is 0 Å². The Morgan fingerprint density at radius 3 is 2.59 bits per heavy atom. The van der Waals surface area contributed by atoms with Gasteiger partial charge in [-0.15, -0.1) is 11.3 Å². The van der Waals surface area contributed by atoms with Gasteiger partial charge in [0.1, 0.15) is 0 Å². The average molecular weight is 378 g/mol. The van der Waals surface area contributed by atoms with Gasteiger partial charge in [0, 0.05) is 27.8 Å². The smallest absolute Gasteiger partial charge is 0.251 e. The third-order valence-corrected chi connectivity index (χ3v) is 6.10. The third kappa shape index (κ3) is 4.29. The summed E-state index contributed by atoms with van der Waals surface area (Å²) >= 11 is 1.77. The number of amides is 1. The number of aliphatic hydroxyl groups is 1. The summed E-state index contributed by atoms with van der Waals surface area (Å²) in [5, 5.41) is 12.4. The van der Waals surface area contributed by atoms with Gasteiger partial charge >= 0.3 is 0 Å².